The van der Waals surface area contributed by atoms with Crippen molar-refractivity contribution in [2.24, 2.45) is 4.99 Å². The Morgan fingerprint density at radius 3 is 2.59 bits per heavy atom. The summed E-state index contributed by atoms with van der Waals surface area (Å²) in [5.74, 6) is 0.875. The van der Waals surface area contributed by atoms with E-state index >= 15 is 0 Å². The first-order valence-electron chi connectivity index (χ1n) is 10.8. The number of guanidine groups is 1. The van der Waals surface area contributed by atoms with E-state index in [0.29, 0.717) is 0 Å². The number of aliphatic imine (C=N–C) groups is 1. The van der Waals surface area contributed by atoms with Crippen LogP contribution in [0.3, 0.4) is 0 Å². The second kappa shape index (κ2) is 15.9. The van der Waals surface area contributed by atoms with E-state index in [0.717, 1.165) is 71.3 Å². The Hall–Kier alpha value is -0.900. The first-order valence-corrected chi connectivity index (χ1v) is 10.8. The quantitative estimate of drug-likeness (QED) is 0.192. The summed E-state index contributed by atoms with van der Waals surface area (Å²) >= 11 is 0. The second-order valence-corrected chi connectivity index (χ2v) is 7.00. The van der Waals surface area contributed by atoms with Crippen LogP contribution < -0.4 is 10.6 Å². The summed E-state index contributed by atoms with van der Waals surface area (Å²) in [7, 11) is 0. The number of ether oxygens (including phenoxy) is 2. The molecule has 1 heterocycles. The molecule has 0 saturated carbocycles. The highest BCUT2D eigenvalue weighted by molar-refractivity contribution is 14.0. The summed E-state index contributed by atoms with van der Waals surface area (Å²) in [5, 5.41) is 6.79. The number of nitrogens with zero attached hydrogens (tertiary/aromatic N) is 2. The molecule has 6 nitrogen and oxygen atoms in total. The average Bonchev–Trinajstić information content (AvgIpc) is 3.25. The predicted octanol–water partition coefficient (Wildman–Crippen LogP) is 3.44. The van der Waals surface area contributed by atoms with Crippen LogP contribution in [-0.2, 0) is 9.47 Å². The highest BCUT2D eigenvalue weighted by Crippen LogP contribution is 2.20. The van der Waals surface area contributed by atoms with Crippen LogP contribution in [0.25, 0.3) is 0 Å². The maximum absolute atomic E-state index is 5.83. The minimum atomic E-state index is 0. The molecule has 0 radical (unpaired) electrons. The van der Waals surface area contributed by atoms with Crippen molar-refractivity contribution >= 4 is 29.9 Å². The number of hydrogen-bond acceptors (Lipinski definition) is 4. The number of nitrogens with one attached hydrogen (secondary N) is 2. The fourth-order valence-corrected chi connectivity index (χ4v) is 3.46. The van der Waals surface area contributed by atoms with Gasteiger partial charge in [-0.15, -0.1) is 24.0 Å². The SMILES string of the molecule is CCNC(=NCC(c1ccccc1)N(CC)CC)NCCCOC1CCOC1.I. The van der Waals surface area contributed by atoms with Gasteiger partial charge in [0.15, 0.2) is 5.96 Å². The van der Waals surface area contributed by atoms with Crippen LogP contribution in [0.5, 0.6) is 0 Å². The predicted molar refractivity (Wildman–Crippen MR) is 131 cm³/mol. The Labute approximate surface area is 193 Å². The van der Waals surface area contributed by atoms with E-state index in [4.69, 9.17) is 14.5 Å². The number of rotatable bonds is 12. The molecule has 1 fully saturated rings. The van der Waals surface area contributed by atoms with Crippen LogP contribution >= 0.6 is 24.0 Å². The van der Waals surface area contributed by atoms with Crippen LogP contribution in [-0.4, -0.2) is 69.5 Å². The van der Waals surface area contributed by atoms with Crippen molar-refractivity contribution in [2.75, 3.05) is 52.5 Å². The number of hydrogen-bond donors (Lipinski definition) is 2. The molecule has 0 aromatic heterocycles. The number of halogens is 1. The van der Waals surface area contributed by atoms with Gasteiger partial charge in [-0.25, -0.2) is 0 Å². The van der Waals surface area contributed by atoms with Gasteiger partial charge >= 0.3 is 0 Å². The van der Waals surface area contributed by atoms with Crippen LogP contribution in [0.2, 0.25) is 0 Å². The van der Waals surface area contributed by atoms with E-state index in [-0.39, 0.29) is 36.1 Å². The Kier molecular flexibility index (Phi) is 14.3. The van der Waals surface area contributed by atoms with E-state index in [9.17, 15) is 0 Å². The molecule has 1 aliphatic heterocycles. The molecule has 0 spiro atoms. The topological polar surface area (TPSA) is 58.1 Å². The molecule has 0 bridgehead atoms. The van der Waals surface area contributed by atoms with E-state index < -0.39 is 0 Å². The van der Waals surface area contributed by atoms with Gasteiger partial charge < -0.3 is 20.1 Å². The van der Waals surface area contributed by atoms with Gasteiger partial charge in [-0.05, 0) is 38.4 Å². The van der Waals surface area contributed by atoms with Crippen LogP contribution in [0.15, 0.2) is 35.3 Å². The minimum Gasteiger partial charge on any atom is -0.379 e. The molecule has 2 rings (SSSR count). The van der Waals surface area contributed by atoms with Gasteiger partial charge in [0, 0.05) is 26.3 Å². The molecule has 0 aliphatic carbocycles. The Balaban J connectivity index is 0.00000420. The molecule has 1 aliphatic rings. The minimum absolute atomic E-state index is 0. The first-order chi connectivity index (χ1) is 13.8. The number of benzene rings is 1. The normalized spacial score (nSPS) is 17.8. The largest absolute Gasteiger partial charge is 0.379 e. The molecule has 166 valence electrons. The van der Waals surface area contributed by atoms with Crippen molar-refractivity contribution in [1.29, 1.82) is 0 Å². The molecular weight excluding hydrogens is 479 g/mol. The third-order valence-electron chi connectivity index (χ3n) is 5.06. The molecule has 0 amide bonds. The Morgan fingerprint density at radius 1 is 1.21 bits per heavy atom. The molecule has 1 aromatic carbocycles. The van der Waals surface area contributed by atoms with Gasteiger partial charge in [-0.1, -0.05) is 44.2 Å². The van der Waals surface area contributed by atoms with E-state index in [1.165, 1.54) is 5.56 Å². The van der Waals surface area contributed by atoms with Crippen molar-refractivity contribution < 1.29 is 9.47 Å². The maximum atomic E-state index is 5.83. The van der Waals surface area contributed by atoms with E-state index in [1.54, 1.807) is 0 Å². The monoisotopic (exact) mass is 518 g/mol. The van der Waals surface area contributed by atoms with Gasteiger partial charge in [0.05, 0.1) is 25.3 Å². The standard InChI is InChI=1S/C22H38N4O2.HI/c1-4-23-22(24-14-10-15-28-20-13-16-27-18-20)25-17-21(26(5-2)6-3)19-11-8-7-9-12-19;/h7-9,11-12,20-21H,4-6,10,13-18H2,1-3H3,(H2,23,24,25);1H. The summed E-state index contributed by atoms with van der Waals surface area (Å²) in [4.78, 5) is 7.33. The third kappa shape index (κ3) is 9.63. The molecule has 1 saturated heterocycles. The smallest absolute Gasteiger partial charge is 0.191 e. The van der Waals surface area contributed by atoms with E-state index in [1.807, 2.05) is 0 Å². The van der Waals surface area contributed by atoms with Crippen LogP contribution in [0, 0.1) is 0 Å². The van der Waals surface area contributed by atoms with Gasteiger partial charge in [0.1, 0.15) is 0 Å². The summed E-state index contributed by atoms with van der Waals surface area (Å²) in [6, 6.07) is 11.0. The van der Waals surface area contributed by atoms with Crippen molar-refractivity contribution in [1.82, 2.24) is 15.5 Å². The zero-order valence-corrected chi connectivity index (χ0v) is 20.6. The average molecular weight is 518 g/mol. The summed E-state index contributed by atoms with van der Waals surface area (Å²) in [5.41, 5.74) is 1.32. The Bertz CT molecular complexity index is 549. The van der Waals surface area contributed by atoms with Gasteiger partial charge in [0.25, 0.3) is 0 Å². The van der Waals surface area contributed by atoms with Gasteiger partial charge in [0.2, 0.25) is 0 Å². The lowest BCUT2D eigenvalue weighted by Crippen LogP contribution is -2.39. The molecule has 2 N–H and O–H groups in total. The van der Waals surface area contributed by atoms with Crippen molar-refractivity contribution in [3.8, 4) is 0 Å². The number of likely N-dealkylation sites (N-methyl/N-ethyl adjacent to an activating group) is 1. The third-order valence-corrected chi connectivity index (χ3v) is 5.06. The lowest BCUT2D eigenvalue weighted by Gasteiger charge is -2.29. The van der Waals surface area contributed by atoms with Crippen molar-refractivity contribution in [2.45, 2.75) is 45.8 Å². The van der Waals surface area contributed by atoms with Crippen LogP contribution in [0.4, 0.5) is 0 Å². The van der Waals surface area contributed by atoms with Crippen molar-refractivity contribution in [3.63, 3.8) is 0 Å². The molecular formula is C22H39IN4O2. The summed E-state index contributed by atoms with van der Waals surface area (Å²) in [6.45, 7) is 13.3. The highest BCUT2D eigenvalue weighted by Gasteiger charge is 2.18. The lowest BCUT2D eigenvalue weighted by molar-refractivity contribution is 0.0420. The first kappa shape index (κ1) is 26.1. The fraction of sp³-hybridized carbons (Fsp3) is 0.682. The highest BCUT2D eigenvalue weighted by atomic mass is 127. The molecule has 1 aromatic rings. The molecule has 29 heavy (non-hydrogen) atoms. The zero-order valence-electron chi connectivity index (χ0n) is 18.2. The molecule has 2 atom stereocenters. The fourth-order valence-electron chi connectivity index (χ4n) is 3.46. The maximum Gasteiger partial charge on any atom is 0.191 e. The summed E-state index contributed by atoms with van der Waals surface area (Å²) < 4.78 is 11.2. The van der Waals surface area contributed by atoms with Gasteiger partial charge in [-0.3, -0.25) is 9.89 Å². The second-order valence-electron chi connectivity index (χ2n) is 7.00. The zero-order chi connectivity index (χ0) is 20.0. The molecule has 7 heteroatoms. The van der Waals surface area contributed by atoms with Crippen molar-refractivity contribution in [3.05, 3.63) is 35.9 Å². The molecule has 2 unspecified atom stereocenters. The van der Waals surface area contributed by atoms with Crippen LogP contribution in [0.1, 0.15) is 45.2 Å². The lowest BCUT2D eigenvalue weighted by atomic mass is 10.1. The summed E-state index contributed by atoms with van der Waals surface area (Å²) in [6.07, 6.45) is 2.26. The Morgan fingerprint density at radius 2 is 1.97 bits per heavy atom. The van der Waals surface area contributed by atoms with Gasteiger partial charge in [-0.2, -0.15) is 0 Å². The van der Waals surface area contributed by atoms with E-state index in [2.05, 4.69) is 66.6 Å².